The first kappa shape index (κ1) is 13.9. The van der Waals surface area contributed by atoms with Gasteiger partial charge in [0.2, 0.25) is 5.91 Å². The molecule has 2 aromatic rings. The maximum atomic E-state index is 11.2. The Labute approximate surface area is 122 Å². The second-order valence-electron chi connectivity index (χ2n) is 4.36. The molecule has 2 rings (SSSR count). The fourth-order valence-electron chi connectivity index (χ4n) is 1.86. The Balaban J connectivity index is 2.55. The first-order valence-corrected chi connectivity index (χ1v) is 6.56. The molecule has 0 spiro atoms. The Morgan fingerprint density at radius 2 is 1.79 bits per heavy atom. The van der Waals surface area contributed by atoms with Crippen molar-refractivity contribution in [2.45, 2.75) is 13.8 Å². The number of hydrogen-bond donors (Lipinski definition) is 1. The van der Waals surface area contributed by atoms with E-state index in [0.29, 0.717) is 10.0 Å². The van der Waals surface area contributed by atoms with E-state index in [1.165, 1.54) is 6.92 Å². The summed E-state index contributed by atoms with van der Waals surface area (Å²) in [5.41, 5.74) is 3.71. The third-order valence-corrected chi connectivity index (χ3v) is 3.46. The van der Waals surface area contributed by atoms with Gasteiger partial charge in [0, 0.05) is 18.2 Å². The highest BCUT2D eigenvalue weighted by atomic mass is 35.5. The standard InChI is InChI=1S/C15H13Cl2NO/c1-9-3-6-15(18-10(2)19)12(7-9)11-4-5-13(16)14(17)8-11/h3-8H,1-2H3,(H,18,19). The van der Waals surface area contributed by atoms with Crippen molar-refractivity contribution in [1.29, 1.82) is 0 Å². The lowest BCUT2D eigenvalue weighted by Crippen LogP contribution is -2.07. The molecule has 0 aliphatic heterocycles. The molecule has 2 nitrogen and oxygen atoms in total. The minimum absolute atomic E-state index is 0.106. The van der Waals surface area contributed by atoms with Crippen molar-refractivity contribution in [2.24, 2.45) is 0 Å². The van der Waals surface area contributed by atoms with Gasteiger partial charge in [-0.3, -0.25) is 4.79 Å². The molecule has 98 valence electrons. The summed E-state index contributed by atoms with van der Waals surface area (Å²) in [6.45, 7) is 3.48. The fraction of sp³-hybridized carbons (Fsp3) is 0.133. The molecule has 0 saturated carbocycles. The molecule has 0 heterocycles. The molecule has 0 unspecified atom stereocenters. The summed E-state index contributed by atoms with van der Waals surface area (Å²) in [6, 6.07) is 11.3. The second-order valence-corrected chi connectivity index (χ2v) is 5.17. The van der Waals surface area contributed by atoms with Crippen LogP contribution in [-0.4, -0.2) is 5.91 Å². The SMILES string of the molecule is CC(=O)Nc1ccc(C)cc1-c1ccc(Cl)c(Cl)c1. The van der Waals surface area contributed by atoms with Crippen molar-refractivity contribution in [2.75, 3.05) is 5.32 Å². The smallest absolute Gasteiger partial charge is 0.221 e. The van der Waals surface area contributed by atoms with Crippen molar-refractivity contribution < 1.29 is 4.79 Å². The number of amides is 1. The molecule has 1 amide bonds. The number of rotatable bonds is 2. The van der Waals surface area contributed by atoms with Gasteiger partial charge in [0.25, 0.3) is 0 Å². The van der Waals surface area contributed by atoms with E-state index in [-0.39, 0.29) is 5.91 Å². The quantitative estimate of drug-likeness (QED) is 0.836. The predicted octanol–water partition coefficient (Wildman–Crippen LogP) is 4.93. The van der Waals surface area contributed by atoms with Crippen LogP contribution in [0.2, 0.25) is 10.0 Å². The summed E-state index contributed by atoms with van der Waals surface area (Å²) in [4.78, 5) is 11.2. The third-order valence-electron chi connectivity index (χ3n) is 2.72. The number of hydrogen-bond acceptors (Lipinski definition) is 1. The van der Waals surface area contributed by atoms with E-state index in [1.807, 2.05) is 31.2 Å². The average Bonchev–Trinajstić information content (AvgIpc) is 2.34. The van der Waals surface area contributed by atoms with Crippen LogP contribution in [0.25, 0.3) is 11.1 Å². The predicted molar refractivity (Wildman–Crippen MR) is 80.9 cm³/mol. The van der Waals surface area contributed by atoms with Gasteiger partial charge in [-0.05, 0) is 36.8 Å². The first-order valence-electron chi connectivity index (χ1n) is 5.81. The summed E-state index contributed by atoms with van der Waals surface area (Å²) in [7, 11) is 0. The molecule has 2 aromatic carbocycles. The monoisotopic (exact) mass is 293 g/mol. The van der Waals surface area contributed by atoms with Crippen LogP contribution in [0.5, 0.6) is 0 Å². The van der Waals surface area contributed by atoms with Crippen molar-refractivity contribution in [3.63, 3.8) is 0 Å². The lowest BCUT2D eigenvalue weighted by Gasteiger charge is -2.12. The van der Waals surface area contributed by atoms with Gasteiger partial charge in [-0.15, -0.1) is 0 Å². The third kappa shape index (κ3) is 3.28. The zero-order chi connectivity index (χ0) is 14.0. The van der Waals surface area contributed by atoms with Gasteiger partial charge in [-0.1, -0.05) is 40.9 Å². The molecule has 19 heavy (non-hydrogen) atoms. The summed E-state index contributed by atoms with van der Waals surface area (Å²) < 4.78 is 0. The Bertz CT molecular complexity index is 638. The normalized spacial score (nSPS) is 10.3. The van der Waals surface area contributed by atoms with E-state index >= 15 is 0 Å². The minimum Gasteiger partial charge on any atom is -0.326 e. The van der Waals surface area contributed by atoms with Gasteiger partial charge in [0.1, 0.15) is 0 Å². The molecule has 0 fully saturated rings. The maximum absolute atomic E-state index is 11.2. The maximum Gasteiger partial charge on any atom is 0.221 e. The average molecular weight is 294 g/mol. The number of aryl methyl sites for hydroxylation is 1. The summed E-state index contributed by atoms with van der Waals surface area (Å²) in [5.74, 6) is -0.106. The fourth-order valence-corrected chi connectivity index (χ4v) is 2.16. The number of nitrogens with one attached hydrogen (secondary N) is 1. The Hall–Kier alpha value is -1.51. The van der Waals surface area contributed by atoms with Crippen molar-refractivity contribution >= 4 is 34.8 Å². The summed E-state index contributed by atoms with van der Waals surface area (Å²) in [6.07, 6.45) is 0. The zero-order valence-corrected chi connectivity index (χ0v) is 12.1. The highest BCUT2D eigenvalue weighted by Crippen LogP contribution is 2.33. The minimum atomic E-state index is -0.106. The van der Waals surface area contributed by atoms with E-state index in [1.54, 1.807) is 12.1 Å². The Morgan fingerprint density at radius 3 is 2.42 bits per heavy atom. The molecule has 1 N–H and O–H groups in total. The molecule has 0 aliphatic carbocycles. The van der Waals surface area contributed by atoms with Crippen molar-refractivity contribution in [1.82, 2.24) is 0 Å². The molecule has 4 heteroatoms. The van der Waals surface area contributed by atoms with Crippen molar-refractivity contribution in [3.05, 3.63) is 52.0 Å². The van der Waals surface area contributed by atoms with E-state index in [4.69, 9.17) is 23.2 Å². The van der Waals surface area contributed by atoms with Gasteiger partial charge >= 0.3 is 0 Å². The number of anilines is 1. The van der Waals surface area contributed by atoms with Crippen LogP contribution in [0.1, 0.15) is 12.5 Å². The van der Waals surface area contributed by atoms with E-state index in [9.17, 15) is 4.79 Å². The molecule has 0 saturated heterocycles. The van der Waals surface area contributed by atoms with Crippen LogP contribution in [0.4, 0.5) is 5.69 Å². The highest BCUT2D eigenvalue weighted by Gasteiger charge is 2.08. The number of carbonyl (C=O) groups is 1. The first-order chi connectivity index (χ1) is 8.97. The lowest BCUT2D eigenvalue weighted by atomic mass is 10.0. The molecule has 0 aliphatic rings. The highest BCUT2D eigenvalue weighted by molar-refractivity contribution is 6.42. The van der Waals surface area contributed by atoms with Crippen LogP contribution in [0.3, 0.4) is 0 Å². The molecule has 0 radical (unpaired) electrons. The van der Waals surface area contributed by atoms with E-state index < -0.39 is 0 Å². The molecule has 0 aromatic heterocycles. The zero-order valence-electron chi connectivity index (χ0n) is 10.6. The molecule has 0 atom stereocenters. The van der Waals surface area contributed by atoms with Crippen LogP contribution in [0, 0.1) is 6.92 Å². The van der Waals surface area contributed by atoms with Gasteiger partial charge in [-0.25, -0.2) is 0 Å². The van der Waals surface area contributed by atoms with Crippen LogP contribution < -0.4 is 5.32 Å². The number of halogens is 2. The summed E-state index contributed by atoms with van der Waals surface area (Å²) in [5, 5.41) is 3.83. The topological polar surface area (TPSA) is 29.1 Å². The van der Waals surface area contributed by atoms with Crippen LogP contribution in [0.15, 0.2) is 36.4 Å². The van der Waals surface area contributed by atoms with Gasteiger partial charge < -0.3 is 5.32 Å². The van der Waals surface area contributed by atoms with Gasteiger partial charge in [-0.2, -0.15) is 0 Å². The van der Waals surface area contributed by atoms with Gasteiger partial charge in [0.05, 0.1) is 10.0 Å². The van der Waals surface area contributed by atoms with Crippen LogP contribution >= 0.6 is 23.2 Å². The summed E-state index contributed by atoms with van der Waals surface area (Å²) >= 11 is 12.0. The lowest BCUT2D eigenvalue weighted by molar-refractivity contribution is -0.114. The number of carbonyl (C=O) groups excluding carboxylic acids is 1. The van der Waals surface area contributed by atoms with E-state index in [0.717, 1.165) is 22.4 Å². The molecular formula is C15H13Cl2NO. The Kier molecular flexibility index (Phi) is 4.13. The van der Waals surface area contributed by atoms with E-state index in [2.05, 4.69) is 5.32 Å². The largest absolute Gasteiger partial charge is 0.326 e. The molecular weight excluding hydrogens is 281 g/mol. The second kappa shape index (κ2) is 5.64. The Morgan fingerprint density at radius 1 is 1.05 bits per heavy atom. The van der Waals surface area contributed by atoms with Crippen LogP contribution in [-0.2, 0) is 4.79 Å². The van der Waals surface area contributed by atoms with Crippen molar-refractivity contribution in [3.8, 4) is 11.1 Å². The molecule has 0 bridgehead atoms. The number of benzene rings is 2. The van der Waals surface area contributed by atoms with Gasteiger partial charge in [0.15, 0.2) is 0 Å².